The molecule has 1 N–H and O–H groups in total. The zero-order valence-corrected chi connectivity index (χ0v) is 17.3. The van der Waals surface area contributed by atoms with Crippen molar-refractivity contribution in [3.8, 4) is 17.2 Å². The Kier molecular flexibility index (Phi) is 4.81. The summed E-state index contributed by atoms with van der Waals surface area (Å²) in [5.41, 5.74) is 1.87. The second-order valence-electron chi connectivity index (χ2n) is 8.62. The number of carbonyl (C=O) groups excluding carboxylic acids is 1. The largest absolute Gasteiger partial charge is 0.488 e. The maximum Gasteiger partial charge on any atom is 0.231 e. The van der Waals surface area contributed by atoms with E-state index in [4.69, 9.17) is 14.2 Å². The van der Waals surface area contributed by atoms with Crippen LogP contribution < -0.4 is 14.2 Å². The summed E-state index contributed by atoms with van der Waals surface area (Å²) in [5, 5.41) is 15.0. The van der Waals surface area contributed by atoms with Gasteiger partial charge in [0.05, 0.1) is 18.2 Å². The van der Waals surface area contributed by atoms with E-state index in [1.54, 1.807) is 4.68 Å². The number of carbonyl (C=O) groups is 1. The highest BCUT2D eigenvalue weighted by Gasteiger charge is 2.44. The average Bonchev–Trinajstić information content (AvgIpc) is 3.40. The van der Waals surface area contributed by atoms with Gasteiger partial charge < -0.3 is 24.2 Å². The first-order valence-electron chi connectivity index (χ1n) is 10.5. The van der Waals surface area contributed by atoms with E-state index in [0.29, 0.717) is 48.5 Å². The Morgan fingerprint density at radius 2 is 2.00 bits per heavy atom. The molecule has 4 atom stereocenters. The summed E-state index contributed by atoms with van der Waals surface area (Å²) in [5.74, 6) is 2.82. The molecule has 8 nitrogen and oxygen atoms in total. The predicted octanol–water partition coefficient (Wildman–Crippen LogP) is 1.68. The van der Waals surface area contributed by atoms with Gasteiger partial charge in [0.2, 0.25) is 12.7 Å². The molecule has 3 aliphatic rings. The molecule has 1 amide bonds. The van der Waals surface area contributed by atoms with Gasteiger partial charge in [0.15, 0.2) is 11.5 Å². The van der Waals surface area contributed by atoms with Gasteiger partial charge >= 0.3 is 0 Å². The van der Waals surface area contributed by atoms with Crippen molar-refractivity contribution in [2.75, 3.05) is 19.9 Å². The summed E-state index contributed by atoms with van der Waals surface area (Å²) in [4.78, 5) is 14.8. The molecule has 30 heavy (non-hydrogen) atoms. The topological polar surface area (TPSA) is 86.1 Å². The van der Waals surface area contributed by atoms with Crippen LogP contribution in [0, 0.1) is 18.8 Å². The number of likely N-dealkylation sites (tertiary alicyclic amines) is 1. The lowest BCUT2D eigenvalue weighted by molar-refractivity contribution is -0.129. The van der Waals surface area contributed by atoms with Crippen LogP contribution >= 0.6 is 0 Å². The molecule has 2 fully saturated rings. The summed E-state index contributed by atoms with van der Waals surface area (Å²) in [6.07, 6.45) is 2.83. The van der Waals surface area contributed by atoms with Gasteiger partial charge in [0.25, 0.3) is 0 Å². The predicted molar refractivity (Wildman–Crippen MR) is 107 cm³/mol. The molecule has 1 aromatic heterocycles. The van der Waals surface area contributed by atoms with Crippen molar-refractivity contribution < 1.29 is 24.1 Å². The van der Waals surface area contributed by atoms with Crippen LogP contribution in [0.25, 0.3) is 0 Å². The SMILES string of the molecule is Cc1nn(C)cc1CC(=O)N1C[C@H]2C[C@@H](Oc3ccc4c(c3)OCO4)[C@H](O)C[C@H]2C1. The molecule has 2 aromatic rings. The fourth-order valence-electron chi connectivity index (χ4n) is 4.94. The number of nitrogens with zero attached hydrogens (tertiary/aromatic N) is 3. The fourth-order valence-corrected chi connectivity index (χ4v) is 4.94. The number of aliphatic hydroxyl groups is 1. The van der Waals surface area contributed by atoms with Gasteiger partial charge in [-0.05, 0) is 43.7 Å². The van der Waals surface area contributed by atoms with Gasteiger partial charge in [-0.25, -0.2) is 0 Å². The molecule has 5 rings (SSSR count). The van der Waals surface area contributed by atoms with E-state index in [1.807, 2.05) is 43.3 Å². The summed E-state index contributed by atoms with van der Waals surface area (Å²) in [6, 6.07) is 5.47. The molecule has 0 spiro atoms. The fraction of sp³-hybridized carbons (Fsp3) is 0.545. The highest BCUT2D eigenvalue weighted by Crippen LogP contribution is 2.40. The monoisotopic (exact) mass is 413 g/mol. The lowest BCUT2D eigenvalue weighted by Gasteiger charge is -2.35. The normalized spacial score (nSPS) is 27.2. The lowest BCUT2D eigenvalue weighted by Crippen LogP contribution is -2.42. The van der Waals surface area contributed by atoms with E-state index in [1.165, 1.54) is 0 Å². The molecule has 8 heteroatoms. The first-order chi connectivity index (χ1) is 14.5. The minimum atomic E-state index is -0.549. The van der Waals surface area contributed by atoms with Crippen LogP contribution in [0.5, 0.6) is 17.2 Å². The van der Waals surface area contributed by atoms with Crippen LogP contribution in [0.1, 0.15) is 24.1 Å². The first kappa shape index (κ1) is 19.2. The third-order valence-electron chi connectivity index (χ3n) is 6.53. The third kappa shape index (κ3) is 3.60. The van der Waals surface area contributed by atoms with Crippen LogP contribution in [0.3, 0.4) is 0 Å². The molecular formula is C22H27N3O5. The second-order valence-corrected chi connectivity index (χ2v) is 8.62. The Bertz CT molecular complexity index is 958. The van der Waals surface area contributed by atoms with Crippen molar-refractivity contribution in [1.82, 2.24) is 14.7 Å². The molecule has 1 saturated heterocycles. The number of rotatable bonds is 4. The molecular weight excluding hydrogens is 386 g/mol. The maximum atomic E-state index is 12.9. The molecule has 3 heterocycles. The summed E-state index contributed by atoms with van der Waals surface area (Å²) in [6.45, 7) is 3.57. The number of aliphatic hydroxyl groups excluding tert-OH is 1. The molecule has 0 radical (unpaired) electrons. The van der Waals surface area contributed by atoms with Crippen LogP contribution in [0.2, 0.25) is 0 Å². The lowest BCUT2D eigenvalue weighted by atomic mass is 9.78. The Hall–Kier alpha value is -2.74. The zero-order chi connectivity index (χ0) is 20.8. The highest BCUT2D eigenvalue weighted by molar-refractivity contribution is 5.79. The van der Waals surface area contributed by atoms with E-state index in [9.17, 15) is 9.90 Å². The van der Waals surface area contributed by atoms with Crippen LogP contribution in [0.15, 0.2) is 24.4 Å². The van der Waals surface area contributed by atoms with Crippen LogP contribution in [-0.4, -0.2) is 57.8 Å². The number of aryl methyl sites for hydroxylation is 2. The van der Waals surface area contributed by atoms with Crippen molar-refractivity contribution in [2.24, 2.45) is 18.9 Å². The summed E-state index contributed by atoms with van der Waals surface area (Å²) >= 11 is 0. The minimum Gasteiger partial charge on any atom is -0.488 e. The van der Waals surface area contributed by atoms with Crippen LogP contribution in [-0.2, 0) is 18.3 Å². The molecule has 0 bridgehead atoms. The van der Waals surface area contributed by atoms with E-state index >= 15 is 0 Å². The van der Waals surface area contributed by atoms with Gasteiger partial charge in [-0.3, -0.25) is 9.48 Å². The van der Waals surface area contributed by atoms with Gasteiger partial charge in [-0.2, -0.15) is 5.10 Å². The van der Waals surface area contributed by atoms with E-state index in [2.05, 4.69) is 5.10 Å². The number of hydrogen-bond donors (Lipinski definition) is 1. The molecule has 1 aliphatic carbocycles. The molecule has 1 aromatic carbocycles. The second kappa shape index (κ2) is 7.50. The maximum absolute atomic E-state index is 12.9. The summed E-state index contributed by atoms with van der Waals surface area (Å²) in [7, 11) is 1.87. The van der Waals surface area contributed by atoms with Gasteiger partial charge in [-0.1, -0.05) is 0 Å². The van der Waals surface area contributed by atoms with Crippen molar-refractivity contribution in [3.05, 3.63) is 35.7 Å². The number of aromatic nitrogens is 2. The number of fused-ring (bicyclic) bond motifs is 2. The zero-order valence-electron chi connectivity index (χ0n) is 17.3. The molecule has 160 valence electrons. The average molecular weight is 413 g/mol. The Labute approximate surface area is 175 Å². The Morgan fingerprint density at radius 1 is 1.23 bits per heavy atom. The highest BCUT2D eigenvalue weighted by atomic mass is 16.7. The quantitative estimate of drug-likeness (QED) is 0.821. The number of ether oxygens (including phenoxy) is 3. The number of amides is 1. The van der Waals surface area contributed by atoms with Crippen molar-refractivity contribution >= 4 is 5.91 Å². The van der Waals surface area contributed by atoms with E-state index in [0.717, 1.165) is 24.2 Å². The third-order valence-corrected chi connectivity index (χ3v) is 6.53. The van der Waals surface area contributed by atoms with Crippen LogP contribution in [0.4, 0.5) is 0 Å². The molecule has 2 aliphatic heterocycles. The van der Waals surface area contributed by atoms with E-state index in [-0.39, 0.29) is 18.8 Å². The number of benzene rings is 1. The molecule has 0 unspecified atom stereocenters. The summed E-state index contributed by atoms with van der Waals surface area (Å²) < 4.78 is 18.6. The minimum absolute atomic E-state index is 0.128. The van der Waals surface area contributed by atoms with Gasteiger partial charge in [0, 0.05) is 38.0 Å². The Morgan fingerprint density at radius 3 is 2.77 bits per heavy atom. The van der Waals surface area contributed by atoms with E-state index < -0.39 is 6.10 Å². The van der Waals surface area contributed by atoms with Crippen molar-refractivity contribution in [3.63, 3.8) is 0 Å². The smallest absolute Gasteiger partial charge is 0.231 e. The number of hydrogen-bond acceptors (Lipinski definition) is 6. The van der Waals surface area contributed by atoms with Crippen molar-refractivity contribution in [1.29, 1.82) is 0 Å². The Balaban J connectivity index is 1.22. The van der Waals surface area contributed by atoms with Crippen molar-refractivity contribution in [2.45, 2.75) is 38.4 Å². The van der Waals surface area contributed by atoms with Gasteiger partial charge in [-0.15, -0.1) is 0 Å². The molecule has 1 saturated carbocycles. The standard InChI is InChI=1S/C22H27N3O5/c1-13-14(9-24(2)23-13)7-22(27)25-10-15-5-18(26)20(6-16(15)11-25)30-17-3-4-19-21(8-17)29-12-28-19/h3-4,8-9,15-16,18,20,26H,5-7,10-12H2,1-2H3/t15-,16+,18+,20+/m0/s1. The van der Waals surface area contributed by atoms with Gasteiger partial charge in [0.1, 0.15) is 11.9 Å². The first-order valence-corrected chi connectivity index (χ1v) is 10.5.